The van der Waals surface area contributed by atoms with E-state index in [9.17, 15) is 8.78 Å². The molecule has 1 saturated heterocycles. The van der Waals surface area contributed by atoms with Crippen LogP contribution in [0.4, 0.5) is 8.78 Å². The molecular formula is C16H23ClF2N2. The predicted octanol–water partition coefficient (Wildman–Crippen LogP) is 3.35. The molecule has 118 valence electrons. The zero-order valence-electron chi connectivity index (χ0n) is 12.2. The van der Waals surface area contributed by atoms with E-state index < -0.39 is 11.6 Å². The van der Waals surface area contributed by atoms with Crippen LogP contribution in [0.2, 0.25) is 0 Å². The van der Waals surface area contributed by atoms with Crippen LogP contribution >= 0.6 is 12.4 Å². The Morgan fingerprint density at radius 2 is 2.00 bits per heavy atom. The van der Waals surface area contributed by atoms with Gasteiger partial charge in [-0.2, -0.15) is 0 Å². The van der Waals surface area contributed by atoms with Gasteiger partial charge in [-0.3, -0.25) is 4.90 Å². The summed E-state index contributed by atoms with van der Waals surface area (Å²) in [6, 6.07) is 4.52. The van der Waals surface area contributed by atoms with Crippen LogP contribution in [-0.4, -0.2) is 30.6 Å². The molecule has 1 unspecified atom stereocenters. The molecule has 1 aromatic rings. The summed E-state index contributed by atoms with van der Waals surface area (Å²) in [5.41, 5.74) is 0.613. The number of piperidine rings is 1. The van der Waals surface area contributed by atoms with Gasteiger partial charge in [0, 0.05) is 30.8 Å². The molecule has 5 heteroatoms. The number of hydrogen-bond donors (Lipinski definition) is 1. The molecule has 1 atom stereocenters. The summed E-state index contributed by atoms with van der Waals surface area (Å²) in [7, 11) is 0. The third-order valence-corrected chi connectivity index (χ3v) is 4.34. The molecule has 0 aromatic heterocycles. The van der Waals surface area contributed by atoms with Crippen LogP contribution in [0.1, 0.15) is 31.2 Å². The van der Waals surface area contributed by atoms with Gasteiger partial charge in [0.2, 0.25) is 0 Å². The minimum absolute atomic E-state index is 0. The topological polar surface area (TPSA) is 15.3 Å². The summed E-state index contributed by atoms with van der Waals surface area (Å²) in [5, 5.41) is 3.43. The van der Waals surface area contributed by atoms with E-state index in [0.717, 1.165) is 25.7 Å². The highest BCUT2D eigenvalue weighted by atomic mass is 35.5. The average molecular weight is 317 g/mol. The molecule has 1 N–H and O–H groups in total. The highest BCUT2D eigenvalue weighted by molar-refractivity contribution is 5.85. The van der Waals surface area contributed by atoms with E-state index in [-0.39, 0.29) is 12.4 Å². The number of rotatable bonds is 5. The van der Waals surface area contributed by atoms with Crippen molar-refractivity contribution in [3.8, 4) is 0 Å². The molecule has 21 heavy (non-hydrogen) atoms. The normalized spacial score (nSPS) is 22.1. The van der Waals surface area contributed by atoms with E-state index in [4.69, 9.17) is 0 Å². The van der Waals surface area contributed by atoms with Crippen molar-refractivity contribution >= 4 is 12.4 Å². The number of hydrogen-bond acceptors (Lipinski definition) is 2. The molecule has 1 heterocycles. The summed E-state index contributed by atoms with van der Waals surface area (Å²) in [6.45, 7) is 3.81. The van der Waals surface area contributed by atoms with Crippen molar-refractivity contribution in [2.24, 2.45) is 5.92 Å². The van der Waals surface area contributed by atoms with E-state index in [1.54, 1.807) is 6.07 Å². The Balaban J connectivity index is 0.00000161. The van der Waals surface area contributed by atoms with Crippen LogP contribution in [-0.2, 0) is 6.54 Å². The smallest absolute Gasteiger partial charge is 0.130 e. The van der Waals surface area contributed by atoms with Gasteiger partial charge in [-0.05, 0) is 50.8 Å². The molecule has 2 aliphatic rings. The highest BCUT2D eigenvalue weighted by Crippen LogP contribution is 2.30. The summed E-state index contributed by atoms with van der Waals surface area (Å²) in [4.78, 5) is 2.38. The molecule has 0 spiro atoms. The first-order chi connectivity index (χ1) is 9.72. The van der Waals surface area contributed by atoms with Crippen molar-refractivity contribution in [3.05, 3.63) is 35.4 Å². The number of halogens is 3. The van der Waals surface area contributed by atoms with Gasteiger partial charge >= 0.3 is 0 Å². The van der Waals surface area contributed by atoms with E-state index in [1.807, 2.05) is 0 Å². The van der Waals surface area contributed by atoms with Gasteiger partial charge in [-0.1, -0.05) is 6.07 Å². The van der Waals surface area contributed by atoms with Crippen molar-refractivity contribution in [2.75, 3.05) is 19.6 Å². The summed E-state index contributed by atoms with van der Waals surface area (Å²) >= 11 is 0. The van der Waals surface area contributed by atoms with Crippen molar-refractivity contribution in [3.63, 3.8) is 0 Å². The van der Waals surface area contributed by atoms with Gasteiger partial charge in [-0.15, -0.1) is 12.4 Å². The fourth-order valence-corrected chi connectivity index (χ4v) is 3.06. The molecule has 1 aromatic carbocycles. The lowest BCUT2D eigenvalue weighted by Gasteiger charge is -2.30. The molecule has 0 radical (unpaired) electrons. The van der Waals surface area contributed by atoms with Crippen molar-refractivity contribution < 1.29 is 8.78 Å². The minimum Gasteiger partial charge on any atom is -0.316 e. The Bertz CT molecular complexity index is 460. The molecule has 1 aliphatic carbocycles. The third-order valence-electron chi connectivity index (χ3n) is 4.34. The van der Waals surface area contributed by atoms with Gasteiger partial charge < -0.3 is 5.32 Å². The Morgan fingerprint density at radius 3 is 2.62 bits per heavy atom. The first-order valence-corrected chi connectivity index (χ1v) is 7.61. The SMILES string of the molecule is Cl.Fc1ccc(CN(CC2CCCNC2)C2CC2)c(F)c1. The Hall–Kier alpha value is -0.710. The van der Waals surface area contributed by atoms with Crippen LogP contribution in [0.15, 0.2) is 18.2 Å². The highest BCUT2D eigenvalue weighted by Gasteiger charge is 2.31. The quantitative estimate of drug-likeness (QED) is 0.896. The predicted molar refractivity (Wildman–Crippen MR) is 82.6 cm³/mol. The minimum atomic E-state index is -0.499. The zero-order valence-corrected chi connectivity index (χ0v) is 13.0. The van der Waals surface area contributed by atoms with E-state index in [1.165, 1.54) is 31.7 Å². The third kappa shape index (κ3) is 4.63. The lowest BCUT2D eigenvalue weighted by atomic mass is 9.98. The fraction of sp³-hybridized carbons (Fsp3) is 0.625. The Labute approximate surface area is 131 Å². The molecule has 2 fully saturated rings. The molecule has 0 bridgehead atoms. The van der Waals surface area contributed by atoms with Gasteiger partial charge in [-0.25, -0.2) is 8.78 Å². The lowest BCUT2D eigenvalue weighted by Crippen LogP contribution is -2.39. The van der Waals surface area contributed by atoms with Gasteiger partial charge in [0.1, 0.15) is 11.6 Å². The maximum atomic E-state index is 13.8. The zero-order chi connectivity index (χ0) is 13.9. The van der Waals surface area contributed by atoms with Crippen LogP contribution in [0.25, 0.3) is 0 Å². The van der Waals surface area contributed by atoms with Crippen molar-refractivity contribution in [1.82, 2.24) is 10.2 Å². The fourth-order valence-electron chi connectivity index (χ4n) is 3.06. The first kappa shape index (κ1) is 16.7. The van der Waals surface area contributed by atoms with Crippen molar-refractivity contribution in [1.29, 1.82) is 0 Å². The molecule has 3 rings (SSSR count). The van der Waals surface area contributed by atoms with E-state index >= 15 is 0 Å². The van der Waals surface area contributed by atoms with Crippen molar-refractivity contribution in [2.45, 2.75) is 38.3 Å². The lowest BCUT2D eigenvalue weighted by molar-refractivity contribution is 0.191. The van der Waals surface area contributed by atoms with Gasteiger partial charge in [0.25, 0.3) is 0 Å². The van der Waals surface area contributed by atoms with Crippen LogP contribution in [0.3, 0.4) is 0 Å². The Kier molecular flexibility index (Phi) is 5.97. The molecule has 1 aliphatic heterocycles. The monoisotopic (exact) mass is 316 g/mol. The molecular weight excluding hydrogens is 294 g/mol. The van der Waals surface area contributed by atoms with Crippen LogP contribution < -0.4 is 5.32 Å². The van der Waals surface area contributed by atoms with E-state index in [2.05, 4.69) is 10.2 Å². The Morgan fingerprint density at radius 1 is 1.19 bits per heavy atom. The summed E-state index contributed by atoms with van der Waals surface area (Å²) < 4.78 is 26.8. The molecule has 1 saturated carbocycles. The van der Waals surface area contributed by atoms with Crippen LogP contribution in [0.5, 0.6) is 0 Å². The second-order valence-electron chi connectivity index (χ2n) is 6.11. The first-order valence-electron chi connectivity index (χ1n) is 7.61. The largest absolute Gasteiger partial charge is 0.316 e. The second-order valence-corrected chi connectivity index (χ2v) is 6.11. The number of nitrogens with one attached hydrogen (secondary N) is 1. The maximum absolute atomic E-state index is 13.8. The molecule has 0 amide bonds. The standard InChI is InChI=1S/C16H22F2N2.ClH/c17-14-4-3-13(16(18)8-14)11-20(15-5-6-15)10-12-2-1-7-19-9-12;/h3-4,8,12,15,19H,1-2,5-7,9-11H2;1H. The van der Waals surface area contributed by atoms with Gasteiger partial charge in [0.15, 0.2) is 0 Å². The molecule has 2 nitrogen and oxygen atoms in total. The number of nitrogens with zero attached hydrogens (tertiary/aromatic N) is 1. The van der Waals surface area contributed by atoms with E-state index in [0.29, 0.717) is 24.1 Å². The van der Waals surface area contributed by atoms with Gasteiger partial charge in [0.05, 0.1) is 0 Å². The second kappa shape index (κ2) is 7.52. The maximum Gasteiger partial charge on any atom is 0.130 e. The summed E-state index contributed by atoms with van der Waals surface area (Å²) in [5.74, 6) is -0.258. The summed E-state index contributed by atoms with van der Waals surface area (Å²) in [6.07, 6.45) is 4.90. The number of benzene rings is 1. The van der Waals surface area contributed by atoms with Crippen LogP contribution in [0, 0.1) is 17.6 Å². The average Bonchev–Trinajstić information content (AvgIpc) is 3.26.